The summed E-state index contributed by atoms with van der Waals surface area (Å²) in [7, 11) is 2.87. The number of esters is 2. The molecule has 2 aromatic heterocycles. The predicted molar refractivity (Wildman–Crippen MR) is 299 cm³/mol. The maximum absolute atomic E-state index is 15.3. The maximum atomic E-state index is 15.3. The van der Waals surface area contributed by atoms with Gasteiger partial charge in [0.1, 0.15) is 47.0 Å². The highest BCUT2D eigenvalue weighted by atomic mass is 16.6. The summed E-state index contributed by atoms with van der Waals surface area (Å²) in [5, 5.41) is 16.3. The lowest BCUT2D eigenvalue weighted by Crippen LogP contribution is -2.60. The summed E-state index contributed by atoms with van der Waals surface area (Å²) >= 11 is 0. The van der Waals surface area contributed by atoms with E-state index in [2.05, 4.69) is 41.9 Å². The molecule has 0 bridgehead atoms. The van der Waals surface area contributed by atoms with Crippen LogP contribution in [0, 0.1) is 0 Å². The van der Waals surface area contributed by atoms with E-state index in [1.54, 1.807) is 76.4 Å². The van der Waals surface area contributed by atoms with Gasteiger partial charge in [-0.25, -0.2) is 24.4 Å². The van der Waals surface area contributed by atoms with Crippen LogP contribution in [0.15, 0.2) is 146 Å². The number of rotatable bonds is 24. The minimum atomic E-state index is -1.79. The van der Waals surface area contributed by atoms with Crippen LogP contribution in [0.5, 0.6) is 0 Å². The number of hydrogen-bond acceptors (Lipinski definition) is 13. The SMILES string of the molecule is COC(=O)[C@H](C)NC(=O)C[C@@H](NC(=O)[C@H](Cc1cn(Cc2ccccc2)cn1)NC(=O)[C@H](CC(=O)NC(c1ccccc1)(c1ccccc1)c1ccccc1)NC(=O)[C@H](Cc1cn(C)cn1)NC(=O)OC(C)(C)C)C(=O)OC(C)(C)C. The van der Waals surface area contributed by atoms with Crippen LogP contribution in [0.1, 0.15) is 94.9 Å². The highest BCUT2D eigenvalue weighted by Crippen LogP contribution is 2.37. The number of aryl methyl sites for hydroxylation is 1. The maximum Gasteiger partial charge on any atom is 0.408 e. The minimum absolute atomic E-state index is 0.180. The zero-order chi connectivity index (χ0) is 58.9. The normalized spacial score (nSPS) is 13.4. The Labute approximate surface area is 471 Å². The molecule has 6 rings (SSSR count). The molecule has 428 valence electrons. The zero-order valence-electron chi connectivity index (χ0n) is 47.1. The third-order valence-electron chi connectivity index (χ3n) is 12.4. The van der Waals surface area contributed by atoms with Crippen LogP contribution >= 0.6 is 0 Å². The standard InChI is InChI=1S/C60H72N10O11/c1-39(55(76)79-9)63-50(71)33-49(56(77)80-58(2,3)4)66-52(73)46(31-45-36-70(38-62-45)34-40-22-14-10-15-23-40)64-54(75)48(65-53(74)47(30-44-35-69(8)37-61-44)67-57(78)81-59(5,6)7)32-51(72)68-60(41-24-16-11-17-25-41,42-26-18-12-19-27-42)43-28-20-13-21-29-43/h10-29,35-39,46-49H,30-34H2,1-9H3,(H,63,71)(H,64,75)(H,65,74)(H,66,73)(H,67,78)(H,68,72)/t39-,46-,47-,48-,49+/m0/s1. The molecule has 0 saturated heterocycles. The molecule has 0 aliphatic rings. The summed E-state index contributed by atoms with van der Waals surface area (Å²) in [6.45, 7) is 11.5. The molecule has 0 aliphatic carbocycles. The Bertz CT molecular complexity index is 3000. The predicted octanol–water partition coefficient (Wildman–Crippen LogP) is 4.71. The number of ether oxygens (including phenoxy) is 3. The van der Waals surface area contributed by atoms with Crippen LogP contribution in [0.25, 0.3) is 0 Å². The third kappa shape index (κ3) is 18.2. The monoisotopic (exact) mass is 1110 g/mol. The van der Waals surface area contributed by atoms with Crippen LogP contribution in [-0.2, 0) is 79.7 Å². The summed E-state index contributed by atoms with van der Waals surface area (Å²) in [5.41, 5.74) is 0.190. The summed E-state index contributed by atoms with van der Waals surface area (Å²) in [5.74, 6) is -6.28. The Kier molecular flexibility index (Phi) is 20.8. The Balaban J connectivity index is 1.42. The van der Waals surface area contributed by atoms with Gasteiger partial charge in [0.05, 0.1) is 44.0 Å². The van der Waals surface area contributed by atoms with E-state index in [-0.39, 0.29) is 12.8 Å². The number of carbonyl (C=O) groups is 8. The molecule has 6 N–H and O–H groups in total. The van der Waals surface area contributed by atoms with E-state index in [1.165, 1.54) is 13.3 Å². The summed E-state index contributed by atoms with van der Waals surface area (Å²) < 4.78 is 19.3. The first kappa shape index (κ1) is 61.1. The lowest BCUT2D eigenvalue weighted by molar-refractivity contribution is -0.160. The van der Waals surface area contributed by atoms with Crippen LogP contribution in [0.4, 0.5) is 4.79 Å². The fraction of sp³-hybridized carbons (Fsp3) is 0.367. The number of hydrogen-bond donors (Lipinski definition) is 6. The van der Waals surface area contributed by atoms with Gasteiger partial charge in [-0.3, -0.25) is 24.0 Å². The van der Waals surface area contributed by atoms with Crippen molar-refractivity contribution in [1.29, 1.82) is 0 Å². The molecule has 6 aromatic rings. The van der Waals surface area contributed by atoms with Gasteiger partial charge in [-0.1, -0.05) is 121 Å². The van der Waals surface area contributed by atoms with E-state index in [4.69, 9.17) is 14.2 Å². The van der Waals surface area contributed by atoms with Crippen molar-refractivity contribution in [2.24, 2.45) is 7.05 Å². The van der Waals surface area contributed by atoms with Gasteiger partial charge in [-0.15, -0.1) is 0 Å². The minimum Gasteiger partial charge on any atom is -0.467 e. The second kappa shape index (κ2) is 27.6. The molecule has 2 heterocycles. The number of carbonyl (C=O) groups excluding carboxylic acids is 8. The average Bonchev–Trinajstić information content (AvgIpc) is 3.85. The van der Waals surface area contributed by atoms with E-state index in [0.29, 0.717) is 34.6 Å². The van der Waals surface area contributed by atoms with E-state index in [9.17, 15) is 28.8 Å². The third-order valence-corrected chi connectivity index (χ3v) is 12.4. The molecular formula is C60H72N10O11. The number of amides is 6. The van der Waals surface area contributed by atoms with E-state index in [0.717, 1.165) is 12.7 Å². The van der Waals surface area contributed by atoms with Crippen molar-refractivity contribution in [3.63, 3.8) is 0 Å². The van der Waals surface area contributed by atoms with E-state index < -0.39 is 107 Å². The van der Waals surface area contributed by atoms with Crippen molar-refractivity contribution in [2.45, 2.75) is 128 Å². The molecule has 0 fully saturated rings. The lowest BCUT2D eigenvalue weighted by Gasteiger charge is -2.37. The Morgan fingerprint density at radius 3 is 1.46 bits per heavy atom. The number of nitrogens with one attached hydrogen (secondary N) is 6. The zero-order valence-corrected chi connectivity index (χ0v) is 47.1. The van der Waals surface area contributed by atoms with Crippen molar-refractivity contribution < 1.29 is 52.6 Å². The van der Waals surface area contributed by atoms with Gasteiger partial charge in [-0.2, -0.15) is 0 Å². The van der Waals surface area contributed by atoms with Crippen molar-refractivity contribution in [3.8, 4) is 0 Å². The van der Waals surface area contributed by atoms with E-state index >= 15 is 9.59 Å². The van der Waals surface area contributed by atoms with Gasteiger partial charge >= 0.3 is 18.0 Å². The number of alkyl carbamates (subject to hydrolysis) is 1. The van der Waals surface area contributed by atoms with Crippen LogP contribution < -0.4 is 31.9 Å². The van der Waals surface area contributed by atoms with Gasteiger partial charge in [0.25, 0.3) is 0 Å². The molecule has 6 amide bonds. The van der Waals surface area contributed by atoms with Crippen molar-refractivity contribution in [2.75, 3.05) is 7.11 Å². The first-order valence-electron chi connectivity index (χ1n) is 26.4. The summed E-state index contributed by atoms with van der Waals surface area (Å²) in [6, 6.07) is 29.5. The van der Waals surface area contributed by atoms with Gasteiger partial charge in [0, 0.05) is 38.8 Å². The van der Waals surface area contributed by atoms with Crippen molar-refractivity contribution in [1.82, 2.24) is 51.0 Å². The number of benzene rings is 4. The van der Waals surface area contributed by atoms with Crippen LogP contribution in [-0.4, -0.2) is 115 Å². The second-order valence-corrected chi connectivity index (χ2v) is 21.5. The number of nitrogens with zero attached hydrogens (tertiary/aromatic N) is 4. The molecule has 81 heavy (non-hydrogen) atoms. The molecule has 21 nitrogen and oxygen atoms in total. The molecule has 0 radical (unpaired) electrons. The second-order valence-electron chi connectivity index (χ2n) is 21.5. The number of aromatic nitrogens is 4. The highest BCUT2D eigenvalue weighted by molar-refractivity contribution is 5.98. The smallest absolute Gasteiger partial charge is 0.408 e. The van der Waals surface area contributed by atoms with Gasteiger partial charge in [0.15, 0.2) is 0 Å². The quantitative estimate of drug-likeness (QED) is 0.0273. The number of methoxy groups -OCH3 is 1. The van der Waals surface area contributed by atoms with Crippen molar-refractivity contribution >= 4 is 47.6 Å². The first-order chi connectivity index (χ1) is 38.4. The molecule has 0 aliphatic heterocycles. The number of imidazole rings is 2. The molecule has 0 spiro atoms. The molecule has 4 aromatic carbocycles. The lowest BCUT2D eigenvalue weighted by atomic mass is 9.77. The molecule has 0 saturated carbocycles. The molecule has 5 atom stereocenters. The van der Waals surface area contributed by atoms with Gasteiger partial charge < -0.3 is 55.2 Å². The topological polar surface area (TPSA) is 272 Å². The average molecular weight is 1110 g/mol. The van der Waals surface area contributed by atoms with Crippen LogP contribution in [0.2, 0.25) is 0 Å². The summed E-state index contributed by atoms with van der Waals surface area (Å²) in [6.07, 6.45) is 3.46. The highest BCUT2D eigenvalue weighted by Gasteiger charge is 2.41. The van der Waals surface area contributed by atoms with Gasteiger partial charge in [-0.05, 0) is 70.7 Å². The Hall–Kier alpha value is -9.14. The fourth-order valence-corrected chi connectivity index (χ4v) is 8.79. The Morgan fingerprint density at radius 2 is 0.963 bits per heavy atom. The van der Waals surface area contributed by atoms with E-state index in [1.807, 2.05) is 121 Å². The first-order valence-corrected chi connectivity index (χ1v) is 26.4. The van der Waals surface area contributed by atoms with Crippen LogP contribution in [0.3, 0.4) is 0 Å². The molecule has 21 heteroatoms. The Morgan fingerprint density at radius 1 is 0.519 bits per heavy atom. The summed E-state index contributed by atoms with van der Waals surface area (Å²) in [4.78, 5) is 122. The largest absolute Gasteiger partial charge is 0.467 e. The molecular weight excluding hydrogens is 1040 g/mol. The van der Waals surface area contributed by atoms with Crippen molar-refractivity contribution in [3.05, 3.63) is 180 Å². The molecule has 0 unspecified atom stereocenters. The fourth-order valence-electron chi connectivity index (χ4n) is 8.79. The van der Waals surface area contributed by atoms with Gasteiger partial charge in [0.2, 0.25) is 29.5 Å².